The van der Waals surface area contributed by atoms with Gasteiger partial charge >= 0.3 is 17.8 Å². The molecule has 1 atom stereocenters. The molecule has 1 saturated heterocycles. The molecule has 0 spiro atoms. The smallest absolute Gasteiger partial charge is 0.334 e. The molecular formula is C20H25N3O4. The highest BCUT2D eigenvalue weighted by Gasteiger charge is 2.44. The Labute approximate surface area is 158 Å². The number of amides is 5. The highest BCUT2D eigenvalue weighted by molar-refractivity contribution is 6.45. The van der Waals surface area contributed by atoms with E-state index >= 15 is 0 Å². The predicted molar refractivity (Wildman–Crippen MR) is 98.8 cm³/mol. The molecule has 0 unspecified atom stereocenters. The van der Waals surface area contributed by atoms with Crippen molar-refractivity contribution in [3.63, 3.8) is 0 Å². The second-order valence-electron chi connectivity index (χ2n) is 7.16. The average molecular weight is 371 g/mol. The van der Waals surface area contributed by atoms with Crippen molar-refractivity contribution in [2.75, 3.05) is 13.1 Å². The van der Waals surface area contributed by atoms with Crippen molar-refractivity contribution >= 4 is 23.8 Å². The number of hydrogen-bond acceptors (Lipinski definition) is 4. The lowest BCUT2D eigenvalue weighted by Crippen LogP contribution is -2.42. The molecule has 1 N–H and O–H groups in total. The summed E-state index contributed by atoms with van der Waals surface area (Å²) in [6.45, 7) is 3.40. The molecule has 1 fully saturated rings. The van der Waals surface area contributed by atoms with E-state index in [4.69, 9.17) is 0 Å². The molecule has 7 heteroatoms. The van der Waals surface area contributed by atoms with E-state index in [0.717, 1.165) is 23.3 Å². The largest absolute Gasteiger partial charge is 0.348 e. The van der Waals surface area contributed by atoms with Gasteiger partial charge in [-0.25, -0.2) is 9.69 Å². The van der Waals surface area contributed by atoms with E-state index in [9.17, 15) is 19.2 Å². The number of carbonyl (C=O) groups excluding carboxylic acids is 4. The summed E-state index contributed by atoms with van der Waals surface area (Å²) in [4.78, 5) is 50.0. The summed E-state index contributed by atoms with van der Waals surface area (Å²) in [5.41, 5.74) is 3.68. The van der Waals surface area contributed by atoms with Gasteiger partial charge in [0, 0.05) is 6.54 Å². The second kappa shape index (κ2) is 7.90. The summed E-state index contributed by atoms with van der Waals surface area (Å²) in [6, 6.07) is 5.27. The van der Waals surface area contributed by atoms with Crippen molar-refractivity contribution in [1.29, 1.82) is 0 Å². The standard InChI is InChI=1S/C20H25N3O4/c1-3-10-22-18(25)19(26)23(20(22)27)12-17(24)21-13(2)15-9-8-14-6-4-5-7-16(14)11-15/h8-9,11,13H,3-7,10,12H2,1-2H3,(H,21,24)/t13-/m0/s1. The number of nitrogens with one attached hydrogen (secondary N) is 1. The maximum Gasteiger partial charge on any atom is 0.334 e. The fraction of sp³-hybridized carbons (Fsp3) is 0.500. The molecule has 0 saturated carbocycles. The molecule has 5 amide bonds. The summed E-state index contributed by atoms with van der Waals surface area (Å²) in [5.74, 6) is -2.27. The van der Waals surface area contributed by atoms with Crippen LogP contribution in [0, 0.1) is 0 Å². The van der Waals surface area contributed by atoms with Gasteiger partial charge in [0.25, 0.3) is 0 Å². The number of carbonyl (C=O) groups is 4. The van der Waals surface area contributed by atoms with Crippen LogP contribution in [0.15, 0.2) is 18.2 Å². The van der Waals surface area contributed by atoms with Crippen LogP contribution in [-0.4, -0.2) is 46.6 Å². The van der Waals surface area contributed by atoms with Crippen LogP contribution < -0.4 is 5.32 Å². The van der Waals surface area contributed by atoms with Gasteiger partial charge in [0.15, 0.2) is 0 Å². The first-order valence-electron chi connectivity index (χ1n) is 9.50. The van der Waals surface area contributed by atoms with Crippen LogP contribution in [0.5, 0.6) is 0 Å². The Morgan fingerprint density at radius 1 is 1.07 bits per heavy atom. The van der Waals surface area contributed by atoms with E-state index in [0.29, 0.717) is 11.3 Å². The Hall–Kier alpha value is -2.70. The predicted octanol–water partition coefficient (Wildman–Crippen LogP) is 1.94. The number of fused-ring (bicyclic) bond motifs is 1. The highest BCUT2D eigenvalue weighted by atomic mass is 16.2. The number of aryl methyl sites for hydroxylation is 2. The Bertz CT molecular complexity index is 789. The van der Waals surface area contributed by atoms with E-state index in [2.05, 4.69) is 17.4 Å². The molecule has 0 aromatic heterocycles. The number of nitrogens with zero attached hydrogens (tertiary/aromatic N) is 2. The number of hydrogen-bond donors (Lipinski definition) is 1. The second-order valence-corrected chi connectivity index (χ2v) is 7.16. The number of benzene rings is 1. The van der Waals surface area contributed by atoms with Gasteiger partial charge in [-0.05, 0) is 55.7 Å². The van der Waals surface area contributed by atoms with Gasteiger partial charge in [-0.2, -0.15) is 0 Å². The molecular weight excluding hydrogens is 346 g/mol. The Morgan fingerprint density at radius 2 is 1.74 bits per heavy atom. The van der Waals surface area contributed by atoms with Crippen LogP contribution >= 0.6 is 0 Å². The molecule has 3 rings (SSSR count). The van der Waals surface area contributed by atoms with Crippen LogP contribution in [0.4, 0.5) is 4.79 Å². The third-order valence-corrected chi connectivity index (χ3v) is 5.13. The highest BCUT2D eigenvalue weighted by Crippen LogP contribution is 2.24. The van der Waals surface area contributed by atoms with Crippen molar-refractivity contribution in [2.24, 2.45) is 0 Å². The first kappa shape index (κ1) is 19.1. The lowest BCUT2D eigenvalue weighted by atomic mass is 9.89. The lowest BCUT2D eigenvalue weighted by molar-refractivity contribution is -0.144. The minimum Gasteiger partial charge on any atom is -0.348 e. The molecule has 2 aliphatic rings. The van der Waals surface area contributed by atoms with Gasteiger partial charge in [0.05, 0.1) is 6.04 Å². The summed E-state index contributed by atoms with van der Waals surface area (Å²) >= 11 is 0. The zero-order valence-corrected chi connectivity index (χ0v) is 15.8. The van der Waals surface area contributed by atoms with Crippen molar-refractivity contribution in [3.8, 4) is 0 Å². The molecule has 27 heavy (non-hydrogen) atoms. The van der Waals surface area contributed by atoms with Gasteiger partial charge in [0.1, 0.15) is 6.54 Å². The third-order valence-electron chi connectivity index (χ3n) is 5.13. The Balaban J connectivity index is 1.63. The summed E-state index contributed by atoms with van der Waals surface area (Å²) < 4.78 is 0. The van der Waals surface area contributed by atoms with E-state index in [1.165, 1.54) is 24.0 Å². The minimum atomic E-state index is -0.940. The Morgan fingerprint density at radius 3 is 2.44 bits per heavy atom. The van der Waals surface area contributed by atoms with Crippen molar-refractivity contribution in [3.05, 3.63) is 34.9 Å². The summed E-state index contributed by atoms with van der Waals surface area (Å²) in [5, 5.41) is 2.82. The monoisotopic (exact) mass is 371 g/mol. The molecule has 1 aromatic rings. The van der Waals surface area contributed by atoms with E-state index in [1.54, 1.807) is 6.92 Å². The molecule has 1 aliphatic carbocycles. The zero-order chi connectivity index (χ0) is 19.6. The first-order chi connectivity index (χ1) is 12.9. The normalized spacial score (nSPS) is 17.9. The average Bonchev–Trinajstić information content (AvgIpc) is 2.86. The third kappa shape index (κ3) is 3.86. The van der Waals surface area contributed by atoms with Crippen molar-refractivity contribution < 1.29 is 19.2 Å². The van der Waals surface area contributed by atoms with E-state index < -0.39 is 30.3 Å². The van der Waals surface area contributed by atoms with Gasteiger partial charge in [-0.15, -0.1) is 0 Å². The maximum atomic E-state index is 12.3. The van der Waals surface area contributed by atoms with Crippen LogP contribution in [-0.2, 0) is 27.2 Å². The summed E-state index contributed by atoms with van der Waals surface area (Å²) in [6.07, 6.45) is 5.09. The fourth-order valence-electron chi connectivity index (χ4n) is 3.65. The van der Waals surface area contributed by atoms with Gasteiger partial charge in [-0.1, -0.05) is 25.1 Å². The van der Waals surface area contributed by atoms with Crippen LogP contribution in [0.3, 0.4) is 0 Å². The topological polar surface area (TPSA) is 86.8 Å². The number of rotatable bonds is 6. The van der Waals surface area contributed by atoms with Gasteiger partial charge < -0.3 is 5.32 Å². The molecule has 0 radical (unpaired) electrons. The molecule has 1 heterocycles. The number of imide groups is 2. The van der Waals surface area contributed by atoms with E-state index in [1.807, 2.05) is 13.0 Å². The molecule has 1 aliphatic heterocycles. The lowest BCUT2D eigenvalue weighted by Gasteiger charge is -2.21. The quantitative estimate of drug-likeness (QED) is 0.612. The fourth-order valence-corrected chi connectivity index (χ4v) is 3.65. The molecule has 1 aromatic carbocycles. The number of urea groups is 1. The SMILES string of the molecule is CCCN1C(=O)C(=O)N(CC(=O)N[C@@H](C)c2ccc3c(c2)CCCC3)C1=O. The van der Waals surface area contributed by atoms with Crippen LogP contribution in [0.1, 0.15) is 55.8 Å². The maximum absolute atomic E-state index is 12.3. The molecule has 144 valence electrons. The molecule has 0 bridgehead atoms. The molecule has 7 nitrogen and oxygen atoms in total. The van der Waals surface area contributed by atoms with Gasteiger partial charge in [0.2, 0.25) is 5.91 Å². The van der Waals surface area contributed by atoms with Crippen LogP contribution in [0.2, 0.25) is 0 Å². The minimum absolute atomic E-state index is 0.174. The van der Waals surface area contributed by atoms with Crippen molar-refractivity contribution in [2.45, 2.75) is 52.0 Å². The first-order valence-corrected chi connectivity index (χ1v) is 9.50. The van der Waals surface area contributed by atoms with Gasteiger partial charge in [-0.3, -0.25) is 19.3 Å². The van der Waals surface area contributed by atoms with E-state index in [-0.39, 0.29) is 12.6 Å². The Kier molecular flexibility index (Phi) is 5.58. The van der Waals surface area contributed by atoms with Crippen molar-refractivity contribution in [1.82, 2.24) is 15.1 Å². The summed E-state index contributed by atoms with van der Waals surface area (Å²) in [7, 11) is 0. The zero-order valence-electron chi connectivity index (χ0n) is 15.8. The van der Waals surface area contributed by atoms with Crippen LogP contribution in [0.25, 0.3) is 0 Å².